The number of hydrogen-bond acceptors (Lipinski definition) is 4. The monoisotopic (exact) mass is 425 g/mol. The number of nitrogens with zero attached hydrogens (tertiary/aromatic N) is 1. The van der Waals surface area contributed by atoms with Crippen molar-refractivity contribution >= 4 is 11.9 Å². The number of aryl methyl sites for hydroxylation is 1. The summed E-state index contributed by atoms with van der Waals surface area (Å²) in [6.45, 7) is 1.96. The van der Waals surface area contributed by atoms with Crippen LogP contribution in [0.5, 0.6) is 5.75 Å². The maximum atomic E-state index is 14.2. The van der Waals surface area contributed by atoms with Gasteiger partial charge < -0.3 is 10.1 Å². The summed E-state index contributed by atoms with van der Waals surface area (Å²) in [5, 5.41) is 5.40. The highest BCUT2D eigenvalue weighted by Gasteiger charge is 2.51. The van der Waals surface area contributed by atoms with E-state index in [2.05, 4.69) is 15.5 Å². The topological polar surface area (TPSA) is 70.7 Å². The number of carbonyl (C=O) groups excluding carboxylic acids is 2. The number of methoxy groups -OCH3 is 1. The molecule has 1 unspecified atom stereocenters. The van der Waals surface area contributed by atoms with Crippen LogP contribution in [0.3, 0.4) is 0 Å². The molecule has 6 nitrogen and oxygen atoms in total. The summed E-state index contributed by atoms with van der Waals surface area (Å²) < 4.78 is 19.4. The van der Waals surface area contributed by atoms with E-state index in [0.29, 0.717) is 30.7 Å². The maximum absolute atomic E-state index is 14.2. The lowest BCUT2D eigenvalue weighted by Crippen LogP contribution is -2.56. The van der Waals surface area contributed by atoms with Gasteiger partial charge in [-0.25, -0.2) is 9.18 Å². The average Bonchev–Trinajstić information content (AvgIpc) is 3.09. The van der Waals surface area contributed by atoms with Crippen molar-refractivity contribution < 1.29 is 18.7 Å². The smallest absolute Gasteiger partial charge is 0.322 e. The number of urea groups is 1. The predicted octanol–water partition coefficient (Wildman–Crippen LogP) is 3.26. The summed E-state index contributed by atoms with van der Waals surface area (Å²) in [5.41, 5.74) is 0.852. The zero-order valence-electron chi connectivity index (χ0n) is 17.7. The summed E-state index contributed by atoms with van der Waals surface area (Å²) in [4.78, 5) is 27.1. The molecule has 164 valence electrons. The molecule has 2 fully saturated rings. The van der Waals surface area contributed by atoms with E-state index in [1.165, 1.54) is 6.07 Å². The van der Waals surface area contributed by atoms with E-state index >= 15 is 0 Å². The quantitative estimate of drug-likeness (QED) is 0.668. The first-order valence-electron chi connectivity index (χ1n) is 10.7. The van der Waals surface area contributed by atoms with Crippen molar-refractivity contribution in [2.24, 2.45) is 5.92 Å². The molecule has 2 saturated heterocycles. The first-order valence-corrected chi connectivity index (χ1v) is 10.7. The van der Waals surface area contributed by atoms with Gasteiger partial charge in [0.15, 0.2) is 0 Å². The normalized spacial score (nSPS) is 22.3. The second-order valence-electron chi connectivity index (χ2n) is 8.37. The Balaban J connectivity index is 1.43. The molecule has 0 bridgehead atoms. The van der Waals surface area contributed by atoms with Gasteiger partial charge in [0.05, 0.1) is 7.11 Å². The average molecular weight is 426 g/mol. The molecule has 31 heavy (non-hydrogen) atoms. The van der Waals surface area contributed by atoms with Crippen LogP contribution in [-0.4, -0.2) is 42.6 Å². The Morgan fingerprint density at radius 2 is 1.87 bits per heavy atom. The molecule has 2 aromatic carbocycles. The highest BCUT2D eigenvalue weighted by atomic mass is 19.1. The fraction of sp³-hybridized carbons (Fsp3) is 0.417. The third-order valence-corrected chi connectivity index (χ3v) is 6.55. The number of imide groups is 1. The molecule has 2 aliphatic heterocycles. The minimum Gasteiger partial charge on any atom is -0.497 e. The zero-order chi connectivity index (χ0) is 21.8. The first kappa shape index (κ1) is 21.3. The summed E-state index contributed by atoms with van der Waals surface area (Å²) in [5.74, 6) is 0.195. The standard InChI is InChI=1S/C24H28FN3O3/c1-31-20-7-8-21(25)18(15-20)16-28-13-10-19(11-14-28)24(22(29)26-23(30)27-24)12-9-17-5-3-2-4-6-17/h2-8,15,19H,9-14,16H2,1H3,(H2,26,27,29,30). The zero-order valence-corrected chi connectivity index (χ0v) is 17.7. The van der Waals surface area contributed by atoms with Gasteiger partial charge in [0.25, 0.3) is 5.91 Å². The summed E-state index contributed by atoms with van der Waals surface area (Å²) >= 11 is 0. The molecule has 2 N–H and O–H groups in total. The summed E-state index contributed by atoms with van der Waals surface area (Å²) in [6.07, 6.45) is 2.79. The lowest BCUT2D eigenvalue weighted by molar-refractivity contribution is -0.127. The number of likely N-dealkylation sites (tertiary alicyclic amines) is 1. The van der Waals surface area contributed by atoms with E-state index in [1.54, 1.807) is 19.2 Å². The number of nitrogens with one attached hydrogen (secondary N) is 2. The first-order chi connectivity index (χ1) is 15.0. The molecular formula is C24H28FN3O3. The fourth-order valence-corrected chi connectivity index (χ4v) is 4.78. The van der Waals surface area contributed by atoms with Crippen molar-refractivity contribution in [1.82, 2.24) is 15.5 Å². The highest BCUT2D eigenvalue weighted by molar-refractivity contribution is 6.07. The van der Waals surface area contributed by atoms with E-state index in [9.17, 15) is 14.0 Å². The molecule has 0 spiro atoms. The molecule has 2 aromatic rings. The molecule has 0 radical (unpaired) electrons. The third-order valence-electron chi connectivity index (χ3n) is 6.55. The minimum absolute atomic E-state index is 0.0362. The predicted molar refractivity (Wildman–Crippen MR) is 115 cm³/mol. The largest absolute Gasteiger partial charge is 0.497 e. The summed E-state index contributed by atoms with van der Waals surface area (Å²) in [6, 6.07) is 14.3. The Bertz CT molecular complexity index is 944. The molecular weight excluding hydrogens is 397 g/mol. The van der Waals surface area contributed by atoms with E-state index in [-0.39, 0.29) is 17.6 Å². The lowest BCUT2D eigenvalue weighted by Gasteiger charge is -2.40. The van der Waals surface area contributed by atoms with Crippen LogP contribution in [0.25, 0.3) is 0 Å². The van der Waals surface area contributed by atoms with Crippen LogP contribution in [0.2, 0.25) is 0 Å². The Morgan fingerprint density at radius 1 is 1.13 bits per heavy atom. The summed E-state index contributed by atoms with van der Waals surface area (Å²) in [7, 11) is 1.57. The van der Waals surface area contributed by atoms with Crippen molar-refractivity contribution in [3.8, 4) is 5.75 Å². The Kier molecular flexibility index (Phi) is 6.23. The number of carbonyl (C=O) groups is 2. The van der Waals surface area contributed by atoms with Crippen LogP contribution in [0, 0.1) is 11.7 Å². The van der Waals surface area contributed by atoms with Gasteiger partial charge in [-0.05, 0) is 68.5 Å². The van der Waals surface area contributed by atoms with E-state index in [0.717, 1.165) is 31.5 Å². The molecule has 4 rings (SSSR count). The number of hydrogen-bond donors (Lipinski definition) is 2. The fourth-order valence-electron chi connectivity index (χ4n) is 4.78. The molecule has 1 atom stereocenters. The van der Waals surface area contributed by atoms with Gasteiger partial charge in [-0.1, -0.05) is 30.3 Å². The van der Waals surface area contributed by atoms with Crippen LogP contribution in [0.15, 0.2) is 48.5 Å². The highest BCUT2D eigenvalue weighted by Crippen LogP contribution is 2.35. The van der Waals surface area contributed by atoms with E-state index in [1.807, 2.05) is 30.3 Å². The van der Waals surface area contributed by atoms with Gasteiger partial charge in [0, 0.05) is 12.1 Å². The maximum Gasteiger partial charge on any atom is 0.322 e. The number of halogens is 1. The number of piperidine rings is 1. The van der Waals surface area contributed by atoms with Crippen molar-refractivity contribution in [3.63, 3.8) is 0 Å². The Labute approximate surface area is 181 Å². The third kappa shape index (κ3) is 4.56. The van der Waals surface area contributed by atoms with Gasteiger partial charge in [-0.3, -0.25) is 15.0 Å². The molecule has 7 heteroatoms. The van der Waals surface area contributed by atoms with Crippen LogP contribution in [0.1, 0.15) is 30.4 Å². The number of rotatable bonds is 7. The van der Waals surface area contributed by atoms with Crippen LogP contribution in [-0.2, 0) is 17.8 Å². The van der Waals surface area contributed by atoms with Gasteiger partial charge >= 0.3 is 6.03 Å². The number of benzene rings is 2. The van der Waals surface area contributed by atoms with Crippen molar-refractivity contribution in [1.29, 1.82) is 0 Å². The van der Waals surface area contributed by atoms with E-state index < -0.39 is 11.6 Å². The molecule has 2 heterocycles. The second-order valence-corrected chi connectivity index (χ2v) is 8.37. The molecule has 3 amide bonds. The van der Waals surface area contributed by atoms with Gasteiger partial charge in [-0.2, -0.15) is 0 Å². The van der Waals surface area contributed by atoms with E-state index in [4.69, 9.17) is 4.74 Å². The minimum atomic E-state index is -0.889. The van der Waals surface area contributed by atoms with Crippen LogP contribution in [0.4, 0.5) is 9.18 Å². The van der Waals surface area contributed by atoms with Crippen molar-refractivity contribution in [2.75, 3.05) is 20.2 Å². The molecule has 2 aliphatic rings. The second kappa shape index (κ2) is 9.06. The Morgan fingerprint density at radius 3 is 2.52 bits per heavy atom. The number of amides is 3. The van der Waals surface area contributed by atoms with Crippen LogP contribution >= 0.6 is 0 Å². The van der Waals surface area contributed by atoms with Gasteiger partial charge in [0.1, 0.15) is 17.1 Å². The molecule has 0 aromatic heterocycles. The molecule has 0 saturated carbocycles. The Hall–Kier alpha value is -2.93. The van der Waals surface area contributed by atoms with Gasteiger partial charge in [0.2, 0.25) is 0 Å². The number of ether oxygens (including phenoxy) is 1. The molecule has 0 aliphatic carbocycles. The van der Waals surface area contributed by atoms with Crippen molar-refractivity contribution in [3.05, 3.63) is 65.5 Å². The van der Waals surface area contributed by atoms with Crippen molar-refractivity contribution in [2.45, 2.75) is 37.8 Å². The lowest BCUT2D eigenvalue weighted by atomic mass is 9.74. The van der Waals surface area contributed by atoms with Gasteiger partial charge in [-0.15, -0.1) is 0 Å². The van der Waals surface area contributed by atoms with Crippen LogP contribution < -0.4 is 15.4 Å². The SMILES string of the molecule is COc1ccc(F)c(CN2CCC(C3(CCc4ccccc4)NC(=O)NC3=O)CC2)c1.